The van der Waals surface area contributed by atoms with Crippen LogP contribution in [0.1, 0.15) is 9.67 Å². The van der Waals surface area contributed by atoms with Crippen LogP contribution in [0.5, 0.6) is 0 Å². The van der Waals surface area contributed by atoms with E-state index in [4.69, 9.17) is 11.6 Å². The van der Waals surface area contributed by atoms with E-state index in [1.807, 2.05) is 6.07 Å². The van der Waals surface area contributed by atoms with Gasteiger partial charge in [-0.05, 0) is 36.4 Å². The van der Waals surface area contributed by atoms with E-state index in [2.05, 4.69) is 10.3 Å². The van der Waals surface area contributed by atoms with E-state index in [1.165, 1.54) is 15.7 Å². The van der Waals surface area contributed by atoms with Crippen molar-refractivity contribution in [1.29, 1.82) is 0 Å². The van der Waals surface area contributed by atoms with Gasteiger partial charge in [-0.2, -0.15) is 0 Å². The first-order valence-electron chi connectivity index (χ1n) is 7.10. The predicted molar refractivity (Wildman–Crippen MR) is 96.3 cm³/mol. The third kappa shape index (κ3) is 2.55. The van der Waals surface area contributed by atoms with Gasteiger partial charge in [-0.25, -0.2) is 4.98 Å². The Hall–Kier alpha value is -2.70. The van der Waals surface area contributed by atoms with Gasteiger partial charge in [0.2, 0.25) is 0 Å². The average molecular weight is 356 g/mol. The molecule has 0 saturated heterocycles. The van der Waals surface area contributed by atoms with Crippen molar-refractivity contribution in [3.05, 3.63) is 75.0 Å². The molecule has 3 aromatic heterocycles. The van der Waals surface area contributed by atoms with Crippen LogP contribution in [0, 0.1) is 0 Å². The number of rotatable bonds is 2. The van der Waals surface area contributed by atoms with Crippen LogP contribution in [-0.2, 0) is 0 Å². The van der Waals surface area contributed by atoms with E-state index in [0.717, 1.165) is 0 Å². The van der Waals surface area contributed by atoms with E-state index in [0.29, 0.717) is 31.5 Å². The highest BCUT2D eigenvalue weighted by Gasteiger charge is 2.15. The van der Waals surface area contributed by atoms with E-state index in [-0.39, 0.29) is 11.5 Å². The number of thiophene rings is 1. The molecule has 0 radical (unpaired) electrons. The van der Waals surface area contributed by atoms with Gasteiger partial charge >= 0.3 is 0 Å². The molecular weight excluding hydrogens is 346 g/mol. The van der Waals surface area contributed by atoms with Crippen molar-refractivity contribution in [3.63, 3.8) is 0 Å². The van der Waals surface area contributed by atoms with Crippen molar-refractivity contribution in [2.45, 2.75) is 0 Å². The fourth-order valence-corrected chi connectivity index (χ4v) is 3.53. The molecule has 0 aliphatic rings. The molecule has 0 saturated carbocycles. The summed E-state index contributed by atoms with van der Waals surface area (Å²) in [5.41, 5.74) is 0.965. The Kier molecular flexibility index (Phi) is 3.55. The summed E-state index contributed by atoms with van der Waals surface area (Å²) in [5, 5.41) is 3.74. The van der Waals surface area contributed by atoms with Crippen LogP contribution >= 0.6 is 22.9 Å². The number of pyridine rings is 1. The van der Waals surface area contributed by atoms with Gasteiger partial charge < -0.3 is 5.32 Å². The molecule has 1 N–H and O–H groups in total. The van der Waals surface area contributed by atoms with Crippen LogP contribution < -0.4 is 10.9 Å². The molecule has 1 aromatic carbocycles. The summed E-state index contributed by atoms with van der Waals surface area (Å²) in [6.07, 6.45) is 1.66. The maximum absolute atomic E-state index is 12.5. The van der Waals surface area contributed by atoms with Crippen LogP contribution in [-0.4, -0.2) is 15.3 Å². The number of fused-ring (bicyclic) bond motifs is 2. The molecule has 5 nitrogen and oxygen atoms in total. The van der Waals surface area contributed by atoms with Crippen molar-refractivity contribution in [2.75, 3.05) is 5.32 Å². The minimum absolute atomic E-state index is 0.186. The van der Waals surface area contributed by atoms with Gasteiger partial charge in [-0.1, -0.05) is 23.7 Å². The second-order valence-corrected chi connectivity index (χ2v) is 6.61. The first kappa shape index (κ1) is 14.9. The summed E-state index contributed by atoms with van der Waals surface area (Å²) < 4.78 is 1.47. The fraction of sp³-hybridized carbons (Fsp3) is 0. The summed E-state index contributed by atoms with van der Waals surface area (Å²) >= 11 is 7.10. The topological polar surface area (TPSA) is 63.5 Å². The number of halogens is 1. The van der Waals surface area contributed by atoms with Crippen molar-refractivity contribution in [1.82, 2.24) is 9.38 Å². The maximum atomic E-state index is 12.5. The fourth-order valence-electron chi connectivity index (χ4n) is 2.42. The number of carbonyl (C=O) groups excluding carboxylic acids is 1. The monoisotopic (exact) mass is 355 g/mol. The summed E-state index contributed by atoms with van der Waals surface area (Å²) in [5.74, 6) is -0.297. The lowest BCUT2D eigenvalue weighted by Crippen LogP contribution is -2.13. The number of nitrogens with zero attached hydrogens (tertiary/aromatic N) is 2. The third-order valence-corrected chi connectivity index (χ3v) is 4.79. The van der Waals surface area contributed by atoms with Crippen LogP contribution in [0.15, 0.2) is 59.5 Å². The molecule has 0 unspecified atom stereocenters. The van der Waals surface area contributed by atoms with Gasteiger partial charge in [0, 0.05) is 16.9 Å². The van der Waals surface area contributed by atoms with E-state index in [9.17, 15) is 9.59 Å². The van der Waals surface area contributed by atoms with E-state index >= 15 is 0 Å². The minimum atomic E-state index is -0.297. The quantitative estimate of drug-likeness (QED) is 0.594. The molecule has 0 fully saturated rings. The predicted octanol–water partition coefficient (Wildman–Crippen LogP) is 3.81. The second-order valence-electron chi connectivity index (χ2n) is 5.14. The van der Waals surface area contributed by atoms with Gasteiger partial charge in [0.1, 0.15) is 10.5 Å². The molecule has 0 aliphatic heterocycles. The zero-order valence-corrected chi connectivity index (χ0v) is 13.8. The lowest BCUT2D eigenvalue weighted by Gasteiger charge is -2.03. The Labute approximate surface area is 145 Å². The number of benzene rings is 1. The Bertz CT molecular complexity index is 1150. The van der Waals surface area contributed by atoms with E-state index < -0.39 is 0 Å². The lowest BCUT2D eigenvalue weighted by molar-refractivity contribution is 0.103. The molecule has 24 heavy (non-hydrogen) atoms. The summed E-state index contributed by atoms with van der Waals surface area (Å²) in [4.78, 5) is 30.3. The normalized spacial score (nSPS) is 11.0. The molecular formula is C17H10ClN3O2S. The zero-order valence-electron chi connectivity index (χ0n) is 12.2. The van der Waals surface area contributed by atoms with Crippen molar-refractivity contribution >= 4 is 50.4 Å². The van der Waals surface area contributed by atoms with E-state index in [1.54, 1.807) is 48.7 Å². The Morgan fingerprint density at radius 2 is 2.04 bits per heavy atom. The van der Waals surface area contributed by atoms with Crippen LogP contribution in [0.25, 0.3) is 15.9 Å². The molecule has 118 valence electrons. The summed E-state index contributed by atoms with van der Waals surface area (Å²) in [6, 6.07) is 13.8. The lowest BCUT2D eigenvalue weighted by atomic mass is 10.3. The van der Waals surface area contributed by atoms with Gasteiger partial charge in [0.25, 0.3) is 11.5 Å². The molecule has 4 rings (SSSR count). The number of hydrogen-bond acceptors (Lipinski definition) is 4. The number of amides is 1. The molecule has 1 amide bonds. The second kappa shape index (κ2) is 5.74. The maximum Gasteiger partial charge on any atom is 0.266 e. The zero-order chi connectivity index (χ0) is 16.7. The highest BCUT2D eigenvalue weighted by Crippen LogP contribution is 2.23. The number of hydrogen-bond donors (Lipinski definition) is 1. The standard InChI is InChI=1S/C17H10ClN3O2S/c18-10-4-3-5-11(8-10)19-15(22)13-9-12-16(24-13)20-14-6-1-2-7-21(14)17(12)23/h1-9H,(H,19,22). The summed E-state index contributed by atoms with van der Waals surface area (Å²) in [7, 11) is 0. The Morgan fingerprint density at radius 3 is 2.88 bits per heavy atom. The van der Waals surface area contributed by atoms with Crippen LogP contribution in [0.3, 0.4) is 0 Å². The summed E-state index contributed by atoms with van der Waals surface area (Å²) in [6.45, 7) is 0. The molecule has 0 bridgehead atoms. The smallest absolute Gasteiger partial charge is 0.266 e. The number of nitrogens with one attached hydrogen (secondary N) is 1. The highest BCUT2D eigenvalue weighted by molar-refractivity contribution is 7.20. The molecule has 7 heteroatoms. The average Bonchev–Trinajstić information content (AvgIpc) is 3.00. The molecule has 0 spiro atoms. The van der Waals surface area contributed by atoms with Crippen molar-refractivity contribution < 1.29 is 4.79 Å². The Balaban J connectivity index is 1.77. The van der Waals surface area contributed by atoms with Gasteiger partial charge in [0.05, 0.1) is 10.3 Å². The van der Waals surface area contributed by atoms with Gasteiger partial charge in [0.15, 0.2) is 0 Å². The molecule has 4 aromatic rings. The van der Waals surface area contributed by atoms with Crippen LogP contribution in [0.2, 0.25) is 5.02 Å². The third-order valence-electron chi connectivity index (χ3n) is 3.52. The minimum Gasteiger partial charge on any atom is -0.321 e. The Morgan fingerprint density at radius 1 is 1.17 bits per heavy atom. The first-order chi connectivity index (χ1) is 11.6. The first-order valence-corrected chi connectivity index (χ1v) is 8.29. The number of anilines is 1. The van der Waals surface area contributed by atoms with Crippen molar-refractivity contribution in [2.24, 2.45) is 0 Å². The van der Waals surface area contributed by atoms with Crippen molar-refractivity contribution in [3.8, 4) is 0 Å². The van der Waals surface area contributed by atoms with Gasteiger partial charge in [-0.15, -0.1) is 11.3 Å². The molecule has 0 aliphatic carbocycles. The largest absolute Gasteiger partial charge is 0.321 e. The number of aromatic nitrogens is 2. The SMILES string of the molecule is O=C(Nc1cccc(Cl)c1)c1cc2c(=O)n3ccccc3nc2s1. The van der Waals surface area contributed by atoms with Gasteiger partial charge in [-0.3, -0.25) is 14.0 Å². The molecule has 3 heterocycles. The number of carbonyl (C=O) groups is 1. The molecule has 0 atom stereocenters. The van der Waals surface area contributed by atoms with Crippen LogP contribution in [0.4, 0.5) is 5.69 Å². The highest BCUT2D eigenvalue weighted by atomic mass is 35.5.